The molecule has 1 heterocycles. The average Bonchev–Trinajstić information content (AvgIpc) is 3.10. The Bertz CT molecular complexity index is 657. The van der Waals surface area contributed by atoms with E-state index in [-0.39, 0.29) is 5.02 Å². The smallest absolute Gasteiger partial charge is 0.178 e. The third kappa shape index (κ3) is 2.08. The number of nitrogens with zero attached hydrogens (tertiary/aromatic N) is 1. The number of benzene rings is 1. The summed E-state index contributed by atoms with van der Waals surface area (Å²) in [5.41, 5.74) is 1.60. The molecule has 96 valence electrons. The number of nitrogens with one attached hydrogen (secondary N) is 1. The standard InChI is InChI=1S/C13H14ClFN2S/c1-7(8-2-3-8)6-17-12-5-10(15)9(14)4-11(12)16-13(17)18/h4-5,7-8H,2-3,6H2,1H3,(H,16,18). The highest BCUT2D eigenvalue weighted by molar-refractivity contribution is 7.71. The number of H-pyrrole nitrogens is 1. The molecule has 1 unspecified atom stereocenters. The molecule has 0 aliphatic heterocycles. The molecule has 0 saturated heterocycles. The molecule has 1 saturated carbocycles. The van der Waals surface area contributed by atoms with Gasteiger partial charge >= 0.3 is 0 Å². The zero-order valence-corrected chi connectivity index (χ0v) is 11.6. The van der Waals surface area contributed by atoms with Crippen molar-refractivity contribution >= 4 is 34.9 Å². The summed E-state index contributed by atoms with van der Waals surface area (Å²) in [6.45, 7) is 3.06. The summed E-state index contributed by atoms with van der Waals surface area (Å²) in [6.07, 6.45) is 2.61. The van der Waals surface area contributed by atoms with Gasteiger partial charge in [0.1, 0.15) is 5.82 Å². The van der Waals surface area contributed by atoms with Crippen LogP contribution in [0.15, 0.2) is 12.1 Å². The fraction of sp³-hybridized carbons (Fsp3) is 0.462. The van der Waals surface area contributed by atoms with Crippen LogP contribution in [0, 0.1) is 22.4 Å². The predicted molar refractivity (Wildman–Crippen MR) is 74.0 cm³/mol. The van der Waals surface area contributed by atoms with Crippen molar-refractivity contribution in [1.82, 2.24) is 9.55 Å². The van der Waals surface area contributed by atoms with Crippen molar-refractivity contribution in [2.24, 2.45) is 11.8 Å². The monoisotopic (exact) mass is 284 g/mol. The second-order valence-corrected chi connectivity index (χ2v) is 5.93. The molecule has 0 radical (unpaired) electrons. The molecule has 1 aliphatic rings. The highest BCUT2D eigenvalue weighted by Gasteiger charge is 2.28. The lowest BCUT2D eigenvalue weighted by atomic mass is 10.1. The van der Waals surface area contributed by atoms with Crippen LogP contribution in [0.3, 0.4) is 0 Å². The summed E-state index contributed by atoms with van der Waals surface area (Å²) in [5, 5.41) is 0.126. The Kier molecular flexibility index (Phi) is 2.94. The van der Waals surface area contributed by atoms with Gasteiger partial charge in [0.15, 0.2) is 4.77 Å². The lowest BCUT2D eigenvalue weighted by molar-refractivity contribution is 0.433. The van der Waals surface area contributed by atoms with Crippen molar-refractivity contribution in [3.8, 4) is 0 Å². The molecule has 2 aromatic rings. The molecule has 0 spiro atoms. The summed E-state index contributed by atoms with van der Waals surface area (Å²) in [6, 6.07) is 3.06. The van der Waals surface area contributed by atoms with Gasteiger partial charge in [-0.3, -0.25) is 0 Å². The minimum absolute atomic E-state index is 0.126. The van der Waals surface area contributed by atoms with Crippen molar-refractivity contribution in [2.45, 2.75) is 26.3 Å². The van der Waals surface area contributed by atoms with Gasteiger partial charge in [-0.25, -0.2) is 4.39 Å². The maximum absolute atomic E-state index is 13.6. The van der Waals surface area contributed by atoms with E-state index in [0.29, 0.717) is 10.7 Å². The van der Waals surface area contributed by atoms with E-state index >= 15 is 0 Å². The molecule has 0 bridgehead atoms. The molecule has 1 N–H and O–H groups in total. The van der Waals surface area contributed by atoms with Gasteiger partial charge < -0.3 is 9.55 Å². The van der Waals surface area contributed by atoms with Crippen LogP contribution >= 0.6 is 23.8 Å². The molecular weight excluding hydrogens is 271 g/mol. The van der Waals surface area contributed by atoms with Crippen molar-refractivity contribution in [2.75, 3.05) is 0 Å². The van der Waals surface area contributed by atoms with Gasteiger partial charge in [0.05, 0.1) is 16.1 Å². The van der Waals surface area contributed by atoms with Crippen LogP contribution in [-0.2, 0) is 6.54 Å². The van der Waals surface area contributed by atoms with E-state index in [1.807, 2.05) is 4.57 Å². The normalized spacial score (nSPS) is 17.3. The van der Waals surface area contributed by atoms with E-state index in [0.717, 1.165) is 23.5 Å². The first-order valence-corrected chi connectivity index (χ1v) is 6.92. The lowest BCUT2D eigenvalue weighted by Crippen LogP contribution is -2.09. The number of hydrogen-bond acceptors (Lipinski definition) is 1. The Morgan fingerprint density at radius 3 is 2.94 bits per heavy atom. The molecule has 2 nitrogen and oxygen atoms in total. The highest BCUT2D eigenvalue weighted by atomic mass is 35.5. The first kappa shape index (κ1) is 12.2. The van der Waals surface area contributed by atoms with E-state index < -0.39 is 5.82 Å². The van der Waals surface area contributed by atoms with Crippen LogP contribution in [0.1, 0.15) is 19.8 Å². The molecule has 1 aromatic carbocycles. The number of fused-ring (bicyclic) bond motifs is 1. The third-order valence-electron chi connectivity index (χ3n) is 3.71. The average molecular weight is 285 g/mol. The molecule has 0 amide bonds. The number of halogens is 2. The molecular formula is C13H14ClFN2S. The number of rotatable bonds is 3. The van der Waals surface area contributed by atoms with Crippen LogP contribution in [-0.4, -0.2) is 9.55 Å². The molecule has 1 aliphatic carbocycles. The van der Waals surface area contributed by atoms with E-state index in [9.17, 15) is 4.39 Å². The van der Waals surface area contributed by atoms with Crippen molar-refractivity contribution in [3.05, 3.63) is 27.7 Å². The minimum atomic E-state index is -0.397. The SMILES string of the molecule is CC(Cn1c(=S)[nH]c2cc(Cl)c(F)cc21)C1CC1. The third-order valence-corrected chi connectivity index (χ3v) is 4.33. The van der Waals surface area contributed by atoms with Crippen LogP contribution in [0.5, 0.6) is 0 Å². The van der Waals surface area contributed by atoms with Gasteiger partial charge in [0.25, 0.3) is 0 Å². The van der Waals surface area contributed by atoms with Crippen molar-refractivity contribution < 1.29 is 4.39 Å². The second-order valence-electron chi connectivity index (χ2n) is 5.14. The fourth-order valence-corrected chi connectivity index (χ4v) is 2.88. The zero-order valence-electron chi connectivity index (χ0n) is 10.0. The summed E-state index contributed by atoms with van der Waals surface area (Å²) in [5.74, 6) is 0.981. The Morgan fingerprint density at radius 1 is 1.56 bits per heavy atom. The van der Waals surface area contributed by atoms with Gasteiger partial charge in [0, 0.05) is 12.6 Å². The highest BCUT2D eigenvalue weighted by Crippen LogP contribution is 2.37. The molecule has 18 heavy (non-hydrogen) atoms. The van der Waals surface area contributed by atoms with Crippen LogP contribution < -0.4 is 0 Å². The number of aromatic nitrogens is 2. The number of aromatic amines is 1. The molecule has 1 aromatic heterocycles. The lowest BCUT2D eigenvalue weighted by Gasteiger charge is -2.11. The van der Waals surface area contributed by atoms with Gasteiger partial charge in [-0.15, -0.1) is 0 Å². The molecule has 3 rings (SSSR count). The Balaban J connectivity index is 2.07. The van der Waals surface area contributed by atoms with E-state index in [1.54, 1.807) is 6.07 Å². The Labute approximate surface area is 115 Å². The van der Waals surface area contributed by atoms with E-state index in [4.69, 9.17) is 23.8 Å². The molecule has 1 atom stereocenters. The van der Waals surface area contributed by atoms with Crippen molar-refractivity contribution in [3.63, 3.8) is 0 Å². The number of hydrogen-bond donors (Lipinski definition) is 1. The van der Waals surface area contributed by atoms with Crippen LogP contribution in [0.25, 0.3) is 11.0 Å². The summed E-state index contributed by atoms with van der Waals surface area (Å²) < 4.78 is 16.2. The summed E-state index contributed by atoms with van der Waals surface area (Å²) in [4.78, 5) is 3.09. The van der Waals surface area contributed by atoms with Crippen LogP contribution in [0.4, 0.5) is 4.39 Å². The van der Waals surface area contributed by atoms with E-state index in [1.165, 1.54) is 18.9 Å². The first-order chi connectivity index (χ1) is 8.56. The quantitative estimate of drug-likeness (QED) is 0.821. The van der Waals surface area contributed by atoms with Gasteiger partial charge in [-0.2, -0.15) is 0 Å². The maximum Gasteiger partial charge on any atom is 0.178 e. The van der Waals surface area contributed by atoms with Gasteiger partial charge in [-0.1, -0.05) is 18.5 Å². The molecule has 5 heteroatoms. The second kappa shape index (κ2) is 4.35. The van der Waals surface area contributed by atoms with Gasteiger partial charge in [0.2, 0.25) is 0 Å². The maximum atomic E-state index is 13.6. The van der Waals surface area contributed by atoms with Gasteiger partial charge in [-0.05, 0) is 43.0 Å². The molecule has 1 fully saturated rings. The predicted octanol–water partition coefficient (Wildman–Crippen LogP) is 4.54. The van der Waals surface area contributed by atoms with E-state index in [2.05, 4.69) is 11.9 Å². The Morgan fingerprint density at radius 2 is 2.28 bits per heavy atom. The Hall–Kier alpha value is -0.870. The van der Waals surface area contributed by atoms with Crippen molar-refractivity contribution in [1.29, 1.82) is 0 Å². The minimum Gasteiger partial charge on any atom is -0.331 e. The topological polar surface area (TPSA) is 20.7 Å². The largest absolute Gasteiger partial charge is 0.331 e. The zero-order chi connectivity index (χ0) is 12.9. The fourth-order valence-electron chi connectivity index (χ4n) is 2.44. The number of imidazole rings is 1. The first-order valence-electron chi connectivity index (χ1n) is 6.14. The summed E-state index contributed by atoms with van der Waals surface area (Å²) in [7, 11) is 0. The summed E-state index contributed by atoms with van der Waals surface area (Å²) >= 11 is 11.1. The van der Waals surface area contributed by atoms with Crippen LogP contribution in [0.2, 0.25) is 5.02 Å².